The number of hydrogen-bond acceptors (Lipinski definition) is 3. The Bertz CT molecular complexity index is 523. The summed E-state index contributed by atoms with van der Waals surface area (Å²) in [4.78, 5) is 4.12. The van der Waals surface area contributed by atoms with Crippen LogP contribution in [0.1, 0.15) is 32.3 Å². The molecule has 0 unspecified atom stereocenters. The van der Waals surface area contributed by atoms with E-state index in [1.807, 2.05) is 0 Å². The fourth-order valence-electron chi connectivity index (χ4n) is 2.13. The van der Waals surface area contributed by atoms with Crippen molar-refractivity contribution in [2.75, 3.05) is 20.7 Å². The maximum Gasteiger partial charge on any atom is 0.387 e. The fraction of sp³-hybridized carbons (Fsp3) is 0.588. The maximum absolute atomic E-state index is 12.6. The Morgan fingerprint density at radius 3 is 2.58 bits per heavy atom. The second kappa shape index (κ2) is 10.7. The molecule has 0 aromatic heterocycles. The lowest BCUT2D eigenvalue weighted by Crippen LogP contribution is -2.37. The molecule has 0 heterocycles. The summed E-state index contributed by atoms with van der Waals surface area (Å²) in [5.41, 5.74) is 0.598. The molecule has 7 heteroatoms. The summed E-state index contributed by atoms with van der Waals surface area (Å²) >= 11 is 0. The van der Waals surface area contributed by atoms with Crippen molar-refractivity contribution in [3.63, 3.8) is 0 Å². The monoisotopic (exact) mass is 343 g/mol. The number of rotatable bonds is 9. The zero-order chi connectivity index (χ0) is 17.9. The molecule has 0 saturated heterocycles. The minimum absolute atomic E-state index is 0.0899. The van der Waals surface area contributed by atoms with Crippen molar-refractivity contribution in [3.05, 3.63) is 23.8 Å². The summed E-state index contributed by atoms with van der Waals surface area (Å²) in [6.07, 6.45) is 2.18. The van der Waals surface area contributed by atoms with E-state index in [2.05, 4.69) is 34.2 Å². The van der Waals surface area contributed by atoms with Gasteiger partial charge >= 0.3 is 6.61 Å². The predicted octanol–water partition coefficient (Wildman–Crippen LogP) is 3.40. The average molecular weight is 343 g/mol. The first-order valence-corrected chi connectivity index (χ1v) is 8.02. The third-order valence-corrected chi connectivity index (χ3v) is 3.41. The summed E-state index contributed by atoms with van der Waals surface area (Å²) in [5, 5.41) is 6.30. The number of aliphatic imine (C=N–C) groups is 1. The molecule has 0 atom stereocenters. The number of guanidine groups is 1. The first-order chi connectivity index (χ1) is 11.5. The molecule has 2 N–H and O–H groups in total. The number of nitrogens with one attached hydrogen (secondary N) is 2. The lowest BCUT2D eigenvalue weighted by Gasteiger charge is -2.15. The Morgan fingerprint density at radius 1 is 1.25 bits per heavy atom. The van der Waals surface area contributed by atoms with Crippen molar-refractivity contribution in [3.8, 4) is 11.5 Å². The normalized spacial score (nSPS) is 11.8. The summed E-state index contributed by atoms with van der Waals surface area (Å²) in [5.74, 6) is 1.84. The van der Waals surface area contributed by atoms with Gasteiger partial charge in [0.2, 0.25) is 0 Å². The zero-order valence-electron chi connectivity index (χ0n) is 14.7. The van der Waals surface area contributed by atoms with Crippen LogP contribution in [0.3, 0.4) is 0 Å². The molecule has 0 fully saturated rings. The molecular weight excluding hydrogens is 316 g/mol. The van der Waals surface area contributed by atoms with Crippen LogP contribution < -0.4 is 20.1 Å². The largest absolute Gasteiger partial charge is 0.497 e. The van der Waals surface area contributed by atoms with Crippen LogP contribution in [0.25, 0.3) is 0 Å². The van der Waals surface area contributed by atoms with Gasteiger partial charge in [-0.2, -0.15) is 8.78 Å². The molecule has 0 saturated carbocycles. The number of halogens is 2. The molecule has 0 spiro atoms. The minimum atomic E-state index is -2.88. The van der Waals surface area contributed by atoms with E-state index in [4.69, 9.17) is 4.74 Å². The molecule has 0 aliphatic carbocycles. The number of benzene rings is 1. The quantitative estimate of drug-likeness (QED) is 0.410. The van der Waals surface area contributed by atoms with Crippen LogP contribution >= 0.6 is 0 Å². The van der Waals surface area contributed by atoms with Crippen molar-refractivity contribution in [1.82, 2.24) is 10.6 Å². The smallest absolute Gasteiger partial charge is 0.387 e. The highest BCUT2D eigenvalue weighted by Crippen LogP contribution is 2.26. The number of hydrogen-bond donors (Lipinski definition) is 2. The van der Waals surface area contributed by atoms with Crippen molar-refractivity contribution in [2.45, 2.75) is 39.8 Å². The van der Waals surface area contributed by atoms with E-state index in [1.54, 1.807) is 19.2 Å². The van der Waals surface area contributed by atoms with Gasteiger partial charge in [0.15, 0.2) is 5.96 Å². The Labute approximate surface area is 142 Å². The second-order valence-corrected chi connectivity index (χ2v) is 5.74. The predicted molar refractivity (Wildman–Crippen MR) is 91.9 cm³/mol. The summed E-state index contributed by atoms with van der Waals surface area (Å²) in [7, 11) is 3.14. The van der Waals surface area contributed by atoms with Crippen molar-refractivity contribution in [2.24, 2.45) is 10.9 Å². The van der Waals surface area contributed by atoms with Gasteiger partial charge in [0, 0.05) is 31.8 Å². The van der Waals surface area contributed by atoms with Gasteiger partial charge in [0.25, 0.3) is 0 Å². The second-order valence-electron chi connectivity index (χ2n) is 5.74. The van der Waals surface area contributed by atoms with Crippen LogP contribution in [0.15, 0.2) is 23.2 Å². The van der Waals surface area contributed by atoms with Gasteiger partial charge in [-0.1, -0.05) is 13.8 Å². The molecule has 0 aliphatic heterocycles. The van der Waals surface area contributed by atoms with E-state index < -0.39 is 6.61 Å². The third-order valence-electron chi connectivity index (χ3n) is 3.41. The van der Waals surface area contributed by atoms with Gasteiger partial charge in [-0.3, -0.25) is 4.99 Å². The highest BCUT2D eigenvalue weighted by molar-refractivity contribution is 5.79. The molecule has 1 rings (SSSR count). The molecule has 1 aromatic rings. The van der Waals surface area contributed by atoms with E-state index in [-0.39, 0.29) is 5.75 Å². The fourth-order valence-corrected chi connectivity index (χ4v) is 2.13. The standard InChI is InChI=1S/C17H27F2N3O2/c1-12(2)6-5-9-21-17(20-3)22-11-13-7-8-14(23-4)10-15(13)24-16(18)19/h7-8,10,12,16H,5-6,9,11H2,1-4H3,(H2,20,21,22). The average Bonchev–Trinajstić information content (AvgIpc) is 2.54. The van der Waals surface area contributed by atoms with E-state index in [0.29, 0.717) is 29.7 Å². The zero-order valence-corrected chi connectivity index (χ0v) is 14.7. The third kappa shape index (κ3) is 7.48. The first kappa shape index (κ1) is 20.0. The lowest BCUT2D eigenvalue weighted by molar-refractivity contribution is -0.0505. The first-order valence-electron chi connectivity index (χ1n) is 8.02. The van der Waals surface area contributed by atoms with Crippen molar-refractivity contribution < 1.29 is 18.3 Å². The van der Waals surface area contributed by atoms with E-state index >= 15 is 0 Å². The van der Waals surface area contributed by atoms with Crippen molar-refractivity contribution >= 4 is 5.96 Å². The van der Waals surface area contributed by atoms with Crippen molar-refractivity contribution in [1.29, 1.82) is 0 Å². The molecule has 5 nitrogen and oxygen atoms in total. The Balaban J connectivity index is 2.60. The van der Waals surface area contributed by atoms with Gasteiger partial charge < -0.3 is 20.1 Å². The maximum atomic E-state index is 12.6. The molecule has 1 aromatic carbocycles. The van der Waals surface area contributed by atoms with Gasteiger partial charge in [-0.05, 0) is 30.9 Å². The minimum Gasteiger partial charge on any atom is -0.497 e. The number of nitrogens with zero attached hydrogens (tertiary/aromatic N) is 1. The van der Waals surface area contributed by atoms with Crippen LogP contribution in [0.5, 0.6) is 11.5 Å². The summed E-state index contributed by atoms with van der Waals surface area (Å²) in [6, 6.07) is 4.84. The summed E-state index contributed by atoms with van der Waals surface area (Å²) < 4.78 is 34.7. The van der Waals surface area contributed by atoms with E-state index in [0.717, 1.165) is 19.4 Å². The molecule has 0 radical (unpaired) electrons. The lowest BCUT2D eigenvalue weighted by atomic mass is 10.1. The van der Waals surface area contributed by atoms with E-state index in [9.17, 15) is 8.78 Å². The molecule has 136 valence electrons. The number of ether oxygens (including phenoxy) is 2. The van der Waals surface area contributed by atoms with Gasteiger partial charge in [0.1, 0.15) is 11.5 Å². The highest BCUT2D eigenvalue weighted by atomic mass is 19.3. The van der Waals surface area contributed by atoms with E-state index in [1.165, 1.54) is 13.2 Å². The van der Waals surface area contributed by atoms with Gasteiger partial charge in [-0.15, -0.1) is 0 Å². The van der Waals surface area contributed by atoms with Crippen LogP contribution in [0.4, 0.5) is 8.78 Å². The van der Waals surface area contributed by atoms with Gasteiger partial charge in [0.05, 0.1) is 7.11 Å². The van der Waals surface area contributed by atoms with Crippen LogP contribution in [-0.2, 0) is 6.54 Å². The highest BCUT2D eigenvalue weighted by Gasteiger charge is 2.11. The van der Waals surface area contributed by atoms with Crippen LogP contribution in [0, 0.1) is 5.92 Å². The Hall–Kier alpha value is -2.05. The SMILES string of the molecule is CN=C(NCCCC(C)C)NCc1ccc(OC)cc1OC(F)F. The Kier molecular flexibility index (Phi) is 8.89. The number of methoxy groups -OCH3 is 1. The van der Waals surface area contributed by atoms with Gasteiger partial charge in [-0.25, -0.2) is 0 Å². The molecular formula is C17H27F2N3O2. The summed E-state index contributed by atoms with van der Waals surface area (Å²) in [6.45, 7) is 2.60. The molecule has 24 heavy (non-hydrogen) atoms. The Morgan fingerprint density at radius 2 is 2.00 bits per heavy atom. The molecule has 0 amide bonds. The molecule has 0 bridgehead atoms. The van der Waals surface area contributed by atoms with Crippen LogP contribution in [-0.4, -0.2) is 33.3 Å². The van der Waals surface area contributed by atoms with Crippen LogP contribution in [0.2, 0.25) is 0 Å². The number of alkyl halides is 2. The molecule has 0 aliphatic rings. The topological polar surface area (TPSA) is 54.9 Å².